The molecule has 1 aliphatic heterocycles. The van der Waals surface area contributed by atoms with Gasteiger partial charge in [-0.3, -0.25) is 18.9 Å². The van der Waals surface area contributed by atoms with Crippen LogP contribution in [0.2, 0.25) is 0 Å². The lowest BCUT2D eigenvalue weighted by molar-refractivity contribution is -0.136. The lowest BCUT2D eigenvalue weighted by Gasteiger charge is -2.26. The molecule has 216 valence electrons. The molecule has 2 N–H and O–H groups in total. The molecule has 0 aromatic heterocycles. The molecule has 1 aliphatic rings. The van der Waals surface area contributed by atoms with E-state index < -0.39 is 27.7 Å². The average Bonchev–Trinajstić information content (AvgIpc) is 3.22. The third kappa shape index (κ3) is 7.17. The Bertz CT molecular complexity index is 1550. The maximum atomic E-state index is 13.9. The molecule has 3 aromatic rings. The fourth-order valence-electron chi connectivity index (χ4n) is 4.69. The molecule has 0 radical (unpaired) electrons. The minimum Gasteiger partial charge on any atom is -0.481 e. The van der Waals surface area contributed by atoms with Gasteiger partial charge < -0.3 is 15.3 Å². The van der Waals surface area contributed by atoms with E-state index >= 15 is 0 Å². The van der Waals surface area contributed by atoms with Crippen molar-refractivity contribution in [1.82, 2.24) is 4.90 Å². The number of carbonyl (C=O) groups is 2. The monoisotopic (exact) mass is 580 g/mol. The molecule has 9 nitrogen and oxygen atoms in total. The number of halogens is 1. The fraction of sp³-hybridized carbons (Fsp3) is 0.300. The van der Waals surface area contributed by atoms with Crippen molar-refractivity contribution in [3.8, 4) is 0 Å². The number of aliphatic carboxylic acids is 1. The number of likely N-dealkylation sites (N-methyl/N-ethyl adjacent to an activating group) is 1. The summed E-state index contributed by atoms with van der Waals surface area (Å²) in [5, 5.41) is 11.9. The highest BCUT2D eigenvalue weighted by Gasteiger charge is 2.35. The van der Waals surface area contributed by atoms with E-state index in [1.165, 1.54) is 16.4 Å². The van der Waals surface area contributed by atoms with Crippen LogP contribution in [0.4, 0.5) is 21.5 Å². The minimum atomic E-state index is -3.52. The maximum Gasteiger partial charge on any atom is 0.307 e. The van der Waals surface area contributed by atoms with Crippen LogP contribution in [0.1, 0.15) is 36.0 Å². The molecule has 1 amide bonds. The topological polar surface area (TPSA) is 119 Å². The second kappa shape index (κ2) is 12.6. The van der Waals surface area contributed by atoms with E-state index in [0.29, 0.717) is 59.0 Å². The molecule has 0 spiro atoms. The first-order valence-electron chi connectivity index (χ1n) is 13.2. The van der Waals surface area contributed by atoms with Gasteiger partial charge in [0.15, 0.2) is 0 Å². The van der Waals surface area contributed by atoms with Gasteiger partial charge in [-0.05, 0) is 73.6 Å². The van der Waals surface area contributed by atoms with E-state index in [-0.39, 0.29) is 18.1 Å². The van der Waals surface area contributed by atoms with E-state index in [1.807, 2.05) is 25.9 Å². The quantitative estimate of drug-likeness (QED) is 0.306. The number of hydrogen-bond acceptors (Lipinski definition) is 6. The Morgan fingerprint density at radius 1 is 1.02 bits per heavy atom. The molecule has 0 fully saturated rings. The highest BCUT2D eigenvalue weighted by Crippen LogP contribution is 2.37. The second-order valence-corrected chi connectivity index (χ2v) is 12.1. The van der Waals surface area contributed by atoms with Crippen molar-refractivity contribution in [1.29, 1.82) is 0 Å². The lowest BCUT2D eigenvalue weighted by Crippen LogP contribution is -2.38. The standard InChI is InChI=1S/C30H33FN4O5S/c1-4-17-41(39,40)35(16-15-34(2)3)24-12-10-23(11-13-24)32-29(21-7-5-20(6-8-21)18-27(36)37)28-25-14-9-22(31)19-26(25)33-30(28)38/h5-14,19,28H,4,15-18H2,1-3H3,(H,33,38)(H,36,37). The van der Waals surface area contributed by atoms with Gasteiger partial charge in [-0.2, -0.15) is 0 Å². The number of rotatable bonds is 12. The van der Waals surface area contributed by atoms with Crippen molar-refractivity contribution in [2.75, 3.05) is 42.6 Å². The number of carboxylic acids is 1. The summed E-state index contributed by atoms with van der Waals surface area (Å²) in [6.45, 7) is 2.66. The van der Waals surface area contributed by atoms with Crippen LogP contribution in [-0.2, 0) is 26.0 Å². The number of fused-ring (bicyclic) bond motifs is 1. The van der Waals surface area contributed by atoms with Crippen molar-refractivity contribution >= 4 is 44.7 Å². The second-order valence-electron chi connectivity index (χ2n) is 10.1. The van der Waals surface area contributed by atoms with E-state index in [9.17, 15) is 22.4 Å². The van der Waals surface area contributed by atoms with Crippen LogP contribution >= 0.6 is 0 Å². The number of carbonyl (C=O) groups excluding carboxylic acids is 1. The first kappa shape index (κ1) is 29.9. The summed E-state index contributed by atoms with van der Waals surface area (Å²) < 4.78 is 41.3. The van der Waals surface area contributed by atoms with Crippen molar-refractivity contribution in [3.05, 3.63) is 89.2 Å². The molecule has 0 bridgehead atoms. The van der Waals surface area contributed by atoms with Gasteiger partial charge in [-0.15, -0.1) is 0 Å². The van der Waals surface area contributed by atoms with E-state index in [0.717, 1.165) is 0 Å². The first-order chi connectivity index (χ1) is 19.5. The van der Waals surface area contributed by atoms with Gasteiger partial charge in [0.25, 0.3) is 0 Å². The summed E-state index contributed by atoms with van der Waals surface area (Å²) in [5.41, 5.74) is 3.52. The maximum absolute atomic E-state index is 13.9. The number of sulfonamides is 1. The molecule has 0 aliphatic carbocycles. The van der Waals surface area contributed by atoms with Gasteiger partial charge in [0.2, 0.25) is 15.9 Å². The summed E-state index contributed by atoms with van der Waals surface area (Å²) in [4.78, 5) is 31.0. The van der Waals surface area contributed by atoms with Crippen LogP contribution in [0.15, 0.2) is 71.7 Å². The van der Waals surface area contributed by atoms with Crippen LogP contribution in [0.3, 0.4) is 0 Å². The Morgan fingerprint density at radius 3 is 2.32 bits per heavy atom. The van der Waals surface area contributed by atoms with Crippen LogP contribution in [0.25, 0.3) is 0 Å². The summed E-state index contributed by atoms with van der Waals surface area (Å²) in [7, 11) is 0.233. The minimum absolute atomic E-state index is 0.0269. The fourth-order valence-corrected chi connectivity index (χ4v) is 6.23. The Balaban J connectivity index is 1.76. The third-order valence-corrected chi connectivity index (χ3v) is 8.65. The smallest absolute Gasteiger partial charge is 0.307 e. The first-order valence-corrected chi connectivity index (χ1v) is 14.8. The van der Waals surface area contributed by atoms with Gasteiger partial charge >= 0.3 is 5.97 Å². The molecular weight excluding hydrogens is 547 g/mol. The number of anilines is 2. The number of hydrogen-bond donors (Lipinski definition) is 2. The van der Waals surface area contributed by atoms with Crippen LogP contribution in [0, 0.1) is 5.82 Å². The number of nitrogens with one attached hydrogen (secondary N) is 1. The van der Waals surface area contributed by atoms with Gasteiger partial charge in [0, 0.05) is 18.8 Å². The average molecular weight is 581 g/mol. The van der Waals surface area contributed by atoms with Crippen LogP contribution < -0.4 is 9.62 Å². The molecule has 3 aromatic carbocycles. The Morgan fingerprint density at radius 2 is 1.71 bits per heavy atom. The molecule has 1 atom stereocenters. The van der Waals surface area contributed by atoms with Gasteiger partial charge in [-0.1, -0.05) is 37.3 Å². The zero-order valence-corrected chi connectivity index (χ0v) is 24.0. The number of carboxylic acid groups (broad SMARTS) is 1. The highest BCUT2D eigenvalue weighted by atomic mass is 32.2. The van der Waals surface area contributed by atoms with Crippen LogP contribution in [0.5, 0.6) is 0 Å². The zero-order valence-electron chi connectivity index (χ0n) is 23.2. The molecule has 4 rings (SSSR count). The predicted molar refractivity (Wildman–Crippen MR) is 158 cm³/mol. The summed E-state index contributed by atoms with van der Waals surface area (Å²) >= 11 is 0. The normalized spacial score (nSPS) is 15.1. The molecule has 1 heterocycles. The van der Waals surface area contributed by atoms with Crippen LogP contribution in [-0.4, -0.2) is 69.0 Å². The van der Waals surface area contributed by atoms with Crippen molar-refractivity contribution < 1.29 is 27.5 Å². The third-order valence-electron chi connectivity index (χ3n) is 6.66. The van der Waals surface area contributed by atoms with Gasteiger partial charge in [0.1, 0.15) is 11.7 Å². The Kier molecular flexibility index (Phi) is 9.19. The van der Waals surface area contributed by atoms with E-state index in [2.05, 4.69) is 5.32 Å². The molecule has 0 saturated carbocycles. The van der Waals surface area contributed by atoms with E-state index in [4.69, 9.17) is 10.1 Å². The largest absolute Gasteiger partial charge is 0.481 e. The zero-order chi connectivity index (χ0) is 29.7. The number of benzene rings is 3. The SMILES string of the molecule is CCCS(=O)(=O)N(CCN(C)C)c1ccc(N=C(c2ccc(CC(=O)O)cc2)C2C(=O)Nc3cc(F)ccc32)cc1. The Hall–Kier alpha value is -4.09. The van der Waals surface area contributed by atoms with Crippen molar-refractivity contribution in [3.63, 3.8) is 0 Å². The molecule has 41 heavy (non-hydrogen) atoms. The summed E-state index contributed by atoms with van der Waals surface area (Å²) in [6.07, 6.45) is 0.345. The number of aliphatic imine (C=N–C) groups is 1. The lowest BCUT2D eigenvalue weighted by atomic mass is 9.90. The summed E-state index contributed by atoms with van der Waals surface area (Å²) in [6, 6.07) is 17.6. The van der Waals surface area contributed by atoms with Crippen molar-refractivity contribution in [2.45, 2.75) is 25.7 Å². The molecule has 11 heteroatoms. The van der Waals surface area contributed by atoms with Gasteiger partial charge in [-0.25, -0.2) is 12.8 Å². The number of nitrogens with zero attached hydrogens (tertiary/aromatic N) is 3. The Labute approximate surface area is 239 Å². The van der Waals surface area contributed by atoms with E-state index in [1.54, 1.807) is 54.6 Å². The van der Waals surface area contributed by atoms with Crippen molar-refractivity contribution in [2.24, 2.45) is 4.99 Å². The molecule has 0 saturated heterocycles. The molecule has 1 unspecified atom stereocenters. The highest BCUT2D eigenvalue weighted by molar-refractivity contribution is 7.92. The summed E-state index contributed by atoms with van der Waals surface area (Å²) in [5.74, 6) is -2.61. The predicted octanol–water partition coefficient (Wildman–Crippen LogP) is 4.42. The van der Waals surface area contributed by atoms with Gasteiger partial charge in [0.05, 0.1) is 29.3 Å². The molecular formula is C30H33FN4O5S. The number of amides is 1.